The molecular formula is C17H22BrNO2. The SMILES string of the molecule is CNC(c1cc2c(cc1Br)OCCO2)C1C2CCCCC21. The summed E-state index contributed by atoms with van der Waals surface area (Å²) in [5.41, 5.74) is 1.32. The molecule has 2 fully saturated rings. The van der Waals surface area contributed by atoms with Gasteiger partial charge in [-0.1, -0.05) is 28.8 Å². The number of halogens is 1. The zero-order valence-electron chi connectivity index (χ0n) is 12.4. The van der Waals surface area contributed by atoms with E-state index in [9.17, 15) is 0 Å². The van der Waals surface area contributed by atoms with Gasteiger partial charge < -0.3 is 14.8 Å². The largest absolute Gasteiger partial charge is 0.486 e. The Morgan fingerprint density at radius 1 is 1.10 bits per heavy atom. The minimum absolute atomic E-state index is 0.420. The molecule has 3 atom stereocenters. The van der Waals surface area contributed by atoms with E-state index in [1.807, 2.05) is 0 Å². The predicted octanol–water partition coefficient (Wildman–Crippen LogP) is 3.92. The standard InChI is InChI=1S/C17H22BrNO2/c1-19-17(16-10-4-2-3-5-11(10)16)12-8-14-15(9-13(12)18)21-7-6-20-14/h8-11,16-17,19H,2-7H2,1H3. The molecule has 114 valence electrons. The zero-order valence-corrected chi connectivity index (χ0v) is 14.0. The second-order valence-corrected chi connectivity index (χ2v) is 7.33. The van der Waals surface area contributed by atoms with Crippen LogP contribution in [0.4, 0.5) is 0 Å². The minimum atomic E-state index is 0.420. The van der Waals surface area contributed by atoms with E-state index in [0.29, 0.717) is 19.3 Å². The van der Waals surface area contributed by atoms with Crippen molar-refractivity contribution in [1.29, 1.82) is 0 Å². The number of ether oxygens (including phenoxy) is 2. The maximum Gasteiger partial charge on any atom is 0.162 e. The lowest BCUT2D eigenvalue weighted by atomic mass is 9.99. The maximum absolute atomic E-state index is 5.76. The lowest BCUT2D eigenvalue weighted by Crippen LogP contribution is -2.21. The molecule has 3 aliphatic rings. The molecule has 3 nitrogen and oxygen atoms in total. The van der Waals surface area contributed by atoms with Gasteiger partial charge in [0.15, 0.2) is 11.5 Å². The molecule has 0 bridgehead atoms. The van der Waals surface area contributed by atoms with E-state index in [4.69, 9.17) is 9.47 Å². The number of fused-ring (bicyclic) bond motifs is 2. The van der Waals surface area contributed by atoms with Crippen molar-refractivity contribution in [2.45, 2.75) is 31.7 Å². The molecule has 0 amide bonds. The third kappa shape index (κ3) is 2.36. The van der Waals surface area contributed by atoms with Gasteiger partial charge in [0.2, 0.25) is 0 Å². The third-order valence-corrected chi connectivity index (χ3v) is 6.10. The van der Waals surface area contributed by atoms with E-state index in [2.05, 4.69) is 40.4 Å². The smallest absolute Gasteiger partial charge is 0.162 e. The molecule has 1 aromatic rings. The average molecular weight is 352 g/mol. The predicted molar refractivity (Wildman–Crippen MR) is 85.9 cm³/mol. The average Bonchev–Trinajstić information content (AvgIpc) is 3.23. The van der Waals surface area contributed by atoms with E-state index in [-0.39, 0.29) is 0 Å². The van der Waals surface area contributed by atoms with E-state index in [1.54, 1.807) is 0 Å². The van der Waals surface area contributed by atoms with Crippen LogP contribution >= 0.6 is 15.9 Å². The van der Waals surface area contributed by atoms with Crippen LogP contribution in [-0.2, 0) is 0 Å². The fourth-order valence-electron chi connectivity index (χ4n) is 4.42. The second kappa shape index (κ2) is 5.47. The first-order chi connectivity index (χ1) is 10.3. The van der Waals surface area contributed by atoms with Crippen LogP contribution in [0.5, 0.6) is 11.5 Å². The first-order valence-electron chi connectivity index (χ1n) is 8.06. The Balaban J connectivity index is 1.64. The Labute approximate surface area is 134 Å². The molecule has 1 aromatic carbocycles. The van der Waals surface area contributed by atoms with Crippen molar-refractivity contribution >= 4 is 15.9 Å². The van der Waals surface area contributed by atoms with Crippen LogP contribution in [0.2, 0.25) is 0 Å². The van der Waals surface area contributed by atoms with E-state index in [0.717, 1.165) is 33.7 Å². The molecule has 0 radical (unpaired) electrons. The number of benzene rings is 1. The fourth-order valence-corrected chi connectivity index (χ4v) is 4.98. The van der Waals surface area contributed by atoms with Gasteiger partial charge in [0.25, 0.3) is 0 Å². The van der Waals surface area contributed by atoms with Gasteiger partial charge in [0.1, 0.15) is 13.2 Å². The normalized spacial score (nSPS) is 31.4. The van der Waals surface area contributed by atoms with E-state index in [1.165, 1.54) is 31.2 Å². The summed E-state index contributed by atoms with van der Waals surface area (Å²) in [5, 5.41) is 3.56. The highest BCUT2D eigenvalue weighted by molar-refractivity contribution is 9.10. The summed E-state index contributed by atoms with van der Waals surface area (Å²) in [6.07, 6.45) is 5.65. The van der Waals surface area contributed by atoms with Gasteiger partial charge in [-0.3, -0.25) is 0 Å². The van der Waals surface area contributed by atoms with Crippen molar-refractivity contribution in [1.82, 2.24) is 5.32 Å². The molecule has 4 heteroatoms. The molecule has 0 spiro atoms. The van der Waals surface area contributed by atoms with Crippen LogP contribution in [0.1, 0.15) is 37.3 Å². The number of nitrogens with one attached hydrogen (secondary N) is 1. The van der Waals surface area contributed by atoms with Crippen LogP contribution in [0, 0.1) is 17.8 Å². The fraction of sp³-hybridized carbons (Fsp3) is 0.647. The van der Waals surface area contributed by atoms with Crippen LogP contribution in [0.3, 0.4) is 0 Å². The van der Waals surface area contributed by atoms with Crippen molar-refractivity contribution in [2.24, 2.45) is 17.8 Å². The third-order valence-electron chi connectivity index (χ3n) is 5.42. The van der Waals surface area contributed by atoms with Crippen molar-refractivity contribution in [2.75, 3.05) is 20.3 Å². The Hall–Kier alpha value is -0.740. The summed E-state index contributed by atoms with van der Waals surface area (Å²) >= 11 is 3.74. The summed E-state index contributed by atoms with van der Waals surface area (Å²) in [6.45, 7) is 1.29. The Morgan fingerprint density at radius 2 is 1.71 bits per heavy atom. The Kier molecular flexibility index (Phi) is 3.62. The molecular weight excluding hydrogens is 330 g/mol. The van der Waals surface area contributed by atoms with Crippen molar-refractivity contribution in [3.63, 3.8) is 0 Å². The minimum Gasteiger partial charge on any atom is -0.486 e. The van der Waals surface area contributed by atoms with Gasteiger partial charge in [-0.15, -0.1) is 0 Å². The lowest BCUT2D eigenvalue weighted by molar-refractivity contribution is 0.171. The Bertz CT molecular complexity index is 536. The molecule has 3 unspecified atom stereocenters. The lowest BCUT2D eigenvalue weighted by Gasteiger charge is -2.24. The van der Waals surface area contributed by atoms with Gasteiger partial charge in [-0.25, -0.2) is 0 Å². The monoisotopic (exact) mass is 351 g/mol. The highest BCUT2D eigenvalue weighted by Crippen LogP contribution is 2.61. The van der Waals surface area contributed by atoms with Crippen LogP contribution in [-0.4, -0.2) is 20.3 Å². The molecule has 2 aliphatic carbocycles. The number of hydrogen-bond acceptors (Lipinski definition) is 3. The van der Waals surface area contributed by atoms with Crippen molar-refractivity contribution in [3.8, 4) is 11.5 Å². The van der Waals surface area contributed by atoms with Crippen molar-refractivity contribution in [3.05, 3.63) is 22.2 Å². The van der Waals surface area contributed by atoms with Crippen LogP contribution in [0.25, 0.3) is 0 Å². The first kappa shape index (κ1) is 13.9. The van der Waals surface area contributed by atoms with Gasteiger partial charge in [-0.05, 0) is 55.3 Å². The molecule has 1 heterocycles. The van der Waals surface area contributed by atoms with Crippen LogP contribution < -0.4 is 14.8 Å². The van der Waals surface area contributed by atoms with E-state index < -0.39 is 0 Å². The highest BCUT2D eigenvalue weighted by atomic mass is 79.9. The molecule has 1 N–H and O–H groups in total. The molecule has 21 heavy (non-hydrogen) atoms. The van der Waals surface area contributed by atoms with Crippen molar-refractivity contribution < 1.29 is 9.47 Å². The summed E-state index contributed by atoms with van der Waals surface area (Å²) in [5.74, 6) is 4.40. The Morgan fingerprint density at radius 3 is 2.33 bits per heavy atom. The second-order valence-electron chi connectivity index (χ2n) is 6.47. The maximum atomic E-state index is 5.76. The molecule has 0 saturated heterocycles. The topological polar surface area (TPSA) is 30.5 Å². The van der Waals surface area contributed by atoms with Gasteiger partial charge in [-0.2, -0.15) is 0 Å². The summed E-state index contributed by atoms with van der Waals surface area (Å²) in [7, 11) is 2.08. The number of hydrogen-bond donors (Lipinski definition) is 1. The summed E-state index contributed by atoms with van der Waals surface area (Å²) in [6, 6.07) is 4.66. The summed E-state index contributed by atoms with van der Waals surface area (Å²) < 4.78 is 12.6. The molecule has 1 aliphatic heterocycles. The summed E-state index contributed by atoms with van der Waals surface area (Å²) in [4.78, 5) is 0. The number of rotatable bonds is 3. The zero-order chi connectivity index (χ0) is 14.4. The van der Waals surface area contributed by atoms with Gasteiger partial charge in [0, 0.05) is 10.5 Å². The molecule has 4 rings (SSSR count). The molecule has 2 saturated carbocycles. The highest BCUT2D eigenvalue weighted by Gasteiger charge is 2.54. The van der Waals surface area contributed by atoms with E-state index >= 15 is 0 Å². The van der Waals surface area contributed by atoms with Crippen LogP contribution in [0.15, 0.2) is 16.6 Å². The van der Waals surface area contributed by atoms with Gasteiger partial charge in [0.05, 0.1) is 0 Å². The molecule has 0 aromatic heterocycles. The quantitative estimate of drug-likeness (QED) is 0.895. The first-order valence-corrected chi connectivity index (χ1v) is 8.85. The van der Waals surface area contributed by atoms with Gasteiger partial charge >= 0.3 is 0 Å².